The van der Waals surface area contributed by atoms with Gasteiger partial charge in [-0.1, -0.05) is 12.1 Å². The number of carbonyl (C=O) groups is 1. The van der Waals surface area contributed by atoms with Crippen LogP contribution >= 0.6 is 54.5 Å². The van der Waals surface area contributed by atoms with Gasteiger partial charge < -0.3 is 14.8 Å². The highest BCUT2D eigenvalue weighted by molar-refractivity contribution is 14.1. The van der Waals surface area contributed by atoms with E-state index in [4.69, 9.17) is 9.47 Å². The standard InChI is InChI=1S/C25H19Br2IN2O3/c1-2-32-21-9-7-20(8-10-21)30-25(31)18(14-29)11-17-12-22(26)24(23(27)13-17)33-15-16-3-5-19(28)6-4-16/h3-13H,2,15H2,1H3,(H,30,31)/b18-11-. The van der Waals surface area contributed by atoms with Crippen molar-refractivity contribution < 1.29 is 14.3 Å². The van der Waals surface area contributed by atoms with Crippen LogP contribution in [-0.2, 0) is 11.4 Å². The van der Waals surface area contributed by atoms with Crippen LogP contribution in [0.2, 0.25) is 0 Å². The second-order valence-corrected chi connectivity index (χ2v) is 9.76. The minimum absolute atomic E-state index is 0.0183. The molecule has 33 heavy (non-hydrogen) atoms. The second kappa shape index (κ2) is 12.2. The molecule has 1 N–H and O–H groups in total. The van der Waals surface area contributed by atoms with Crippen molar-refractivity contribution in [1.29, 1.82) is 5.26 Å². The lowest BCUT2D eigenvalue weighted by Crippen LogP contribution is -2.13. The molecule has 3 aromatic carbocycles. The van der Waals surface area contributed by atoms with E-state index in [9.17, 15) is 10.1 Å². The lowest BCUT2D eigenvalue weighted by atomic mass is 10.1. The van der Waals surface area contributed by atoms with Gasteiger partial charge >= 0.3 is 0 Å². The molecule has 0 aliphatic rings. The van der Waals surface area contributed by atoms with Crippen LogP contribution in [0.5, 0.6) is 11.5 Å². The Hall–Kier alpha value is -2.35. The van der Waals surface area contributed by atoms with Gasteiger partial charge in [-0.3, -0.25) is 4.79 Å². The summed E-state index contributed by atoms with van der Waals surface area (Å²) in [6.45, 7) is 2.88. The third kappa shape index (κ3) is 7.32. The highest BCUT2D eigenvalue weighted by atomic mass is 127. The summed E-state index contributed by atoms with van der Waals surface area (Å²) >= 11 is 9.31. The van der Waals surface area contributed by atoms with Crippen LogP contribution in [0, 0.1) is 14.9 Å². The molecule has 0 aliphatic heterocycles. The number of carbonyl (C=O) groups excluding carboxylic acids is 1. The molecule has 0 spiro atoms. The molecule has 8 heteroatoms. The van der Waals surface area contributed by atoms with Gasteiger partial charge in [-0.15, -0.1) is 0 Å². The quantitative estimate of drug-likeness (QED) is 0.154. The van der Waals surface area contributed by atoms with Gasteiger partial charge in [-0.2, -0.15) is 5.26 Å². The Kier molecular flexibility index (Phi) is 9.35. The van der Waals surface area contributed by atoms with Crippen molar-refractivity contribution in [2.75, 3.05) is 11.9 Å². The Morgan fingerprint density at radius 1 is 1.06 bits per heavy atom. The SMILES string of the molecule is CCOc1ccc(NC(=O)/C(C#N)=C\c2cc(Br)c(OCc3ccc(I)cc3)c(Br)c2)cc1. The normalized spacial score (nSPS) is 10.9. The molecule has 168 valence electrons. The number of rotatable bonds is 8. The van der Waals surface area contributed by atoms with Crippen LogP contribution in [0.15, 0.2) is 75.2 Å². The maximum absolute atomic E-state index is 12.6. The lowest BCUT2D eigenvalue weighted by molar-refractivity contribution is -0.112. The van der Waals surface area contributed by atoms with E-state index >= 15 is 0 Å². The van der Waals surface area contributed by atoms with E-state index < -0.39 is 5.91 Å². The highest BCUT2D eigenvalue weighted by Gasteiger charge is 2.13. The Morgan fingerprint density at radius 3 is 2.27 bits per heavy atom. The Balaban J connectivity index is 1.72. The number of hydrogen-bond acceptors (Lipinski definition) is 4. The maximum Gasteiger partial charge on any atom is 0.266 e. The van der Waals surface area contributed by atoms with Gasteiger partial charge in [0.05, 0.1) is 15.6 Å². The smallest absolute Gasteiger partial charge is 0.266 e. The van der Waals surface area contributed by atoms with Gasteiger partial charge in [0.2, 0.25) is 0 Å². The number of nitrogens with one attached hydrogen (secondary N) is 1. The monoisotopic (exact) mass is 680 g/mol. The zero-order valence-corrected chi connectivity index (χ0v) is 22.9. The predicted octanol–water partition coefficient (Wildman–Crippen LogP) is 7.34. The van der Waals surface area contributed by atoms with E-state index in [1.807, 2.05) is 37.3 Å². The first-order valence-electron chi connectivity index (χ1n) is 9.92. The number of nitrogens with zero attached hydrogens (tertiary/aromatic N) is 1. The molecule has 0 unspecified atom stereocenters. The summed E-state index contributed by atoms with van der Waals surface area (Å²) in [4.78, 5) is 12.6. The van der Waals surface area contributed by atoms with Crippen molar-refractivity contribution in [2.45, 2.75) is 13.5 Å². The minimum atomic E-state index is -0.493. The number of benzene rings is 3. The molecule has 3 aromatic rings. The van der Waals surface area contributed by atoms with Gasteiger partial charge in [0.15, 0.2) is 0 Å². The fourth-order valence-corrected chi connectivity index (χ4v) is 4.66. The van der Waals surface area contributed by atoms with Crippen LogP contribution in [0.4, 0.5) is 5.69 Å². The van der Waals surface area contributed by atoms with E-state index in [0.29, 0.717) is 44.9 Å². The van der Waals surface area contributed by atoms with Crippen LogP contribution in [-0.4, -0.2) is 12.5 Å². The van der Waals surface area contributed by atoms with E-state index in [1.165, 1.54) is 6.08 Å². The van der Waals surface area contributed by atoms with E-state index in [1.54, 1.807) is 36.4 Å². The number of anilines is 1. The topological polar surface area (TPSA) is 71.3 Å². The molecule has 0 aliphatic carbocycles. The summed E-state index contributed by atoms with van der Waals surface area (Å²) in [5.74, 6) is 0.863. The van der Waals surface area contributed by atoms with Gasteiger partial charge in [-0.25, -0.2) is 0 Å². The van der Waals surface area contributed by atoms with Gasteiger partial charge in [0.25, 0.3) is 5.91 Å². The molecule has 0 fully saturated rings. The summed E-state index contributed by atoms with van der Waals surface area (Å²) in [5.41, 5.74) is 2.28. The van der Waals surface area contributed by atoms with Crippen molar-refractivity contribution in [2.24, 2.45) is 0 Å². The summed E-state index contributed by atoms with van der Waals surface area (Å²) < 4.78 is 13.9. The number of amides is 1. The zero-order chi connectivity index (χ0) is 23.8. The molecule has 3 rings (SSSR count). The molecule has 5 nitrogen and oxygen atoms in total. The Labute approximate surface area is 223 Å². The van der Waals surface area contributed by atoms with Crippen molar-refractivity contribution in [3.05, 3.63) is 89.9 Å². The number of halogens is 3. The van der Waals surface area contributed by atoms with Gasteiger partial charge in [0.1, 0.15) is 29.7 Å². The number of nitriles is 1. The predicted molar refractivity (Wildman–Crippen MR) is 145 cm³/mol. The molecule has 0 saturated carbocycles. The van der Waals surface area contributed by atoms with Crippen molar-refractivity contribution in [3.8, 4) is 17.6 Å². The number of ether oxygens (including phenoxy) is 2. The number of hydrogen-bond donors (Lipinski definition) is 1. The van der Waals surface area contributed by atoms with Gasteiger partial charge in [0, 0.05) is 9.26 Å². The molecule has 0 atom stereocenters. The maximum atomic E-state index is 12.6. The fourth-order valence-electron chi connectivity index (χ4n) is 2.85. The second-order valence-electron chi connectivity index (χ2n) is 6.81. The first kappa shape index (κ1) is 25.3. The molecule has 0 bridgehead atoms. The first-order chi connectivity index (χ1) is 15.9. The van der Waals surface area contributed by atoms with Crippen molar-refractivity contribution in [3.63, 3.8) is 0 Å². The molecule has 0 heterocycles. The lowest BCUT2D eigenvalue weighted by Gasteiger charge is -2.12. The van der Waals surface area contributed by atoms with E-state index in [2.05, 4.69) is 59.8 Å². The van der Waals surface area contributed by atoms with Crippen molar-refractivity contribution >= 4 is 72.1 Å². The third-order valence-electron chi connectivity index (χ3n) is 4.42. The summed E-state index contributed by atoms with van der Waals surface area (Å²) in [7, 11) is 0. The summed E-state index contributed by atoms with van der Waals surface area (Å²) in [6.07, 6.45) is 1.53. The van der Waals surface area contributed by atoms with E-state index in [-0.39, 0.29) is 5.57 Å². The summed E-state index contributed by atoms with van der Waals surface area (Å²) in [6, 6.07) is 20.6. The Bertz CT molecular complexity index is 1180. The molecular weight excluding hydrogens is 663 g/mol. The molecule has 1 amide bonds. The Morgan fingerprint density at radius 2 is 1.70 bits per heavy atom. The average Bonchev–Trinajstić information content (AvgIpc) is 2.79. The molecular formula is C25H19Br2IN2O3. The highest BCUT2D eigenvalue weighted by Crippen LogP contribution is 2.36. The largest absolute Gasteiger partial charge is 0.494 e. The van der Waals surface area contributed by atoms with Crippen LogP contribution in [0.1, 0.15) is 18.1 Å². The average molecular weight is 682 g/mol. The van der Waals surface area contributed by atoms with Crippen LogP contribution in [0.3, 0.4) is 0 Å². The minimum Gasteiger partial charge on any atom is -0.494 e. The fraction of sp³-hybridized carbons (Fsp3) is 0.120. The molecule has 0 aromatic heterocycles. The van der Waals surface area contributed by atoms with Crippen LogP contribution < -0.4 is 14.8 Å². The zero-order valence-electron chi connectivity index (χ0n) is 17.6. The molecule has 0 radical (unpaired) electrons. The first-order valence-corrected chi connectivity index (χ1v) is 12.6. The van der Waals surface area contributed by atoms with Crippen molar-refractivity contribution in [1.82, 2.24) is 0 Å². The molecule has 0 saturated heterocycles. The van der Waals surface area contributed by atoms with Gasteiger partial charge in [-0.05, 0) is 127 Å². The van der Waals surface area contributed by atoms with Crippen LogP contribution in [0.25, 0.3) is 6.08 Å². The van der Waals surface area contributed by atoms with E-state index in [0.717, 1.165) is 9.13 Å². The summed E-state index contributed by atoms with van der Waals surface area (Å²) in [5, 5.41) is 12.3. The third-order valence-corrected chi connectivity index (χ3v) is 6.31.